The lowest BCUT2D eigenvalue weighted by Crippen LogP contribution is -2.46. The zero-order chi connectivity index (χ0) is 19.6. The molecule has 0 saturated carbocycles. The number of hydrogen-bond acceptors (Lipinski definition) is 4. The van der Waals surface area contributed by atoms with Gasteiger partial charge in [-0.1, -0.05) is 42.5 Å². The molecule has 0 unspecified atom stereocenters. The minimum Gasteiger partial charge on any atom is -0.305 e. The lowest BCUT2D eigenvalue weighted by atomic mass is 10.1. The average molecular weight is 383 g/mol. The molecule has 1 saturated heterocycles. The summed E-state index contributed by atoms with van der Waals surface area (Å²) >= 11 is 0. The third-order valence-electron chi connectivity index (χ3n) is 5.83. The Morgan fingerprint density at radius 3 is 2.59 bits per heavy atom. The first kappa shape index (κ1) is 18.0. The molecule has 1 fully saturated rings. The molecule has 146 valence electrons. The predicted octanol–water partition coefficient (Wildman–Crippen LogP) is 3.89. The van der Waals surface area contributed by atoms with Gasteiger partial charge >= 0.3 is 0 Å². The standard InChI is InChI=1S/C24H25N5/c1-27-13-14-28(16-21-9-5-6-12-25-21)17-23(27)24-22-11-10-20(15-29(22)18-26-24)19-7-3-2-4-8-19/h2-12,15,18,23H,13-14,16-17H2,1H3/t23-/m0/s1. The molecular weight excluding hydrogens is 358 g/mol. The topological polar surface area (TPSA) is 36.7 Å². The highest BCUT2D eigenvalue weighted by molar-refractivity contribution is 5.66. The molecule has 0 bridgehead atoms. The van der Waals surface area contributed by atoms with Gasteiger partial charge in [-0.2, -0.15) is 0 Å². The van der Waals surface area contributed by atoms with Crippen LogP contribution in [0.5, 0.6) is 0 Å². The van der Waals surface area contributed by atoms with Crippen LogP contribution in [-0.4, -0.2) is 50.9 Å². The first-order valence-corrected chi connectivity index (χ1v) is 10.1. The van der Waals surface area contributed by atoms with Gasteiger partial charge in [0.15, 0.2) is 0 Å². The van der Waals surface area contributed by atoms with Crippen molar-refractivity contribution in [1.82, 2.24) is 24.2 Å². The van der Waals surface area contributed by atoms with E-state index in [9.17, 15) is 0 Å². The molecule has 4 heterocycles. The molecule has 0 radical (unpaired) electrons. The minimum absolute atomic E-state index is 0.278. The number of piperazine rings is 1. The Morgan fingerprint density at radius 2 is 1.76 bits per heavy atom. The van der Waals surface area contributed by atoms with Crippen molar-refractivity contribution in [2.75, 3.05) is 26.7 Å². The number of benzene rings is 1. The van der Waals surface area contributed by atoms with E-state index < -0.39 is 0 Å². The molecule has 1 aromatic carbocycles. The van der Waals surface area contributed by atoms with E-state index >= 15 is 0 Å². The van der Waals surface area contributed by atoms with E-state index in [2.05, 4.69) is 81.0 Å². The van der Waals surface area contributed by atoms with Crippen molar-refractivity contribution in [2.45, 2.75) is 12.6 Å². The van der Waals surface area contributed by atoms with Gasteiger partial charge in [0.1, 0.15) is 0 Å². The van der Waals surface area contributed by atoms with Gasteiger partial charge in [-0.3, -0.25) is 14.8 Å². The van der Waals surface area contributed by atoms with Gasteiger partial charge in [0, 0.05) is 38.6 Å². The molecule has 4 aromatic rings. The summed E-state index contributed by atoms with van der Waals surface area (Å²) in [5.41, 5.74) is 5.88. The van der Waals surface area contributed by atoms with Crippen LogP contribution in [0.15, 0.2) is 79.4 Å². The zero-order valence-corrected chi connectivity index (χ0v) is 16.6. The number of rotatable bonds is 4. The average Bonchev–Trinajstić information content (AvgIpc) is 3.19. The fraction of sp³-hybridized carbons (Fsp3) is 0.250. The maximum absolute atomic E-state index is 4.82. The number of hydrogen-bond donors (Lipinski definition) is 0. The summed E-state index contributed by atoms with van der Waals surface area (Å²) in [6.45, 7) is 3.92. The molecular formula is C24H25N5. The van der Waals surface area contributed by atoms with Gasteiger partial charge in [0.05, 0.1) is 29.3 Å². The van der Waals surface area contributed by atoms with Crippen LogP contribution in [0.2, 0.25) is 0 Å². The predicted molar refractivity (Wildman–Crippen MR) is 116 cm³/mol. The van der Waals surface area contributed by atoms with Crippen molar-refractivity contribution in [2.24, 2.45) is 0 Å². The molecule has 1 atom stereocenters. The van der Waals surface area contributed by atoms with Crippen LogP contribution in [0.1, 0.15) is 17.4 Å². The third kappa shape index (κ3) is 3.67. The Morgan fingerprint density at radius 1 is 0.897 bits per heavy atom. The number of nitrogens with zero attached hydrogens (tertiary/aromatic N) is 5. The van der Waals surface area contributed by atoms with Crippen LogP contribution in [0.4, 0.5) is 0 Å². The summed E-state index contributed by atoms with van der Waals surface area (Å²) < 4.78 is 2.16. The highest BCUT2D eigenvalue weighted by atomic mass is 15.3. The summed E-state index contributed by atoms with van der Waals surface area (Å²) in [5.74, 6) is 0. The molecule has 1 aliphatic heterocycles. The van der Waals surface area contributed by atoms with E-state index in [1.165, 1.54) is 16.6 Å². The van der Waals surface area contributed by atoms with Crippen molar-refractivity contribution in [3.05, 3.63) is 90.8 Å². The second kappa shape index (κ2) is 7.78. The molecule has 5 rings (SSSR count). The number of imidazole rings is 1. The van der Waals surface area contributed by atoms with E-state index in [0.717, 1.165) is 37.6 Å². The van der Waals surface area contributed by atoms with Gasteiger partial charge in [-0.25, -0.2) is 4.98 Å². The molecule has 29 heavy (non-hydrogen) atoms. The van der Waals surface area contributed by atoms with E-state index in [1.807, 2.05) is 24.7 Å². The summed E-state index contributed by atoms with van der Waals surface area (Å²) in [6.07, 6.45) is 5.99. The molecule has 5 heteroatoms. The molecule has 0 spiro atoms. The van der Waals surface area contributed by atoms with Crippen LogP contribution in [-0.2, 0) is 6.54 Å². The Labute approximate surface area is 171 Å². The zero-order valence-electron chi connectivity index (χ0n) is 16.6. The van der Waals surface area contributed by atoms with E-state index in [4.69, 9.17) is 4.98 Å². The smallest absolute Gasteiger partial charge is 0.0996 e. The largest absolute Gasteiger partial charge is 0.305 e. The van der Waals surface area contributed by atoms with Crippen LogP contribution >= 0.6 is 0 Å². The molecule has 3 aromatic heterocycles. The van der Waals surface area contributed by atoms with Crippen molar-refractivity contribution in [3.63, 3.8) is 0 Å². The number of pyridine rings is 2. The fourth-order valence-corrected chi connectivity index (χ4v) is 4.17. The number of likely N-dealkylation sites (N-methyl/N-ethyl adjacent to an activating group) is 1. The second-order valence-electron chi connectivity index (χ2n) is 7.76. The highest BCUT2D eigenvalue weighted by Gasteiger charge is 2.28. The second-order valence-corrected chi connectivity index (χ2v) is 7.76. The van der Waals surface area contributed by atoms with Crippen LogP contribution in [0.3, 0.4) is 0 Å². The summed E-state index contributed by atoms with van der Waals surface area (Å²) in [5, 5.41) is 0. The maximum atomic E-state index is 4.82. The van der Waals surface area contributed by atoms with Crippen molar-refractivity contribution in [3.8, 4) is 11.1 Å². The maximum Gasteiger partial charge on any atom is 0.0996 e. The fourth-order valence-electron chi connectivity index (χ4n) is 4.17. The van der Waals surface area contributed by atoms with Crippen LogP contribution in [0.25, 0.3) is 16.6 Å². The first-order chi connectivity index (χ1) is 14.3. The molecule has 5 nitrogen and oxygen atoms in total. The summed E-state index contributed by atoms with van der Waals surface area (Å²) in [6, 6.07) is 21.3. The quantitative estimate of drug-likeness (QED) is 0.536. The van der Waals surface area contributed by atoms with Gasteiger partial charge in [0.2, 0.25) is 0 Å². The molecule has 0 N–H and O–H groups in total. The van der Waals surface area contributed by atoms with E-state index in [1.54, 1.807) is 0 Å². The Hall–Kier alpha value is -3.02. The van der Waals surface area contributed by atoms with Crippen molar-refractivity contribution >= 4 is 5.52 Å². The number of aromatic nitrogens is 3. The van der Waals surface area contributed by atoms with E-state index in [0.29, 0.717) is 0 Å². The lowest BCUT2D eigenvalue weighted by molar-refractivity contribution is 0.0883. The molecule has 0 aliphatic carbocycles. The van der Waals surface area contributed by atoms with Gasteiger partial charge in [0.25, 0.3) is 0 Å². The lowest BCUT2D eigenvalue weighted by Gasteiger charge is -2.38. The molecule has 0 amide bonds. The van der Waals surface area contributed by atoms with Crippen molar-refractivity contribution in [1.29, 1.82) is 0 Å². The summed E-state index contributed by atoms with van der Waals surface area (Å²) in [4.78, 5) is 14.2. The Bertz CT molecular complexity index is 1090. The highest BCUT2D eigenvalue weighted by Crippen LogP contribution is 2.28. The SMILES string of the molecule is CN1CCN(Cc2ccccn2)C[C@H]1c1ncn2cc(-c3ccccc3)ccc12. The Kier molecular flexibility index (Phi) is 4.84. The van der Waals surface area contributed by atoms with Crippen LogP contribution < -0.4 is 0 Å². The first-order valence-electron chi connectivity index (χ1n) is 10.1. The van der Waals surface area contributed by atoms with Crippen LogP contribution in [0, 0.1) is 0 Å². The summed E-state index contributed by atoms with van der Waals surface area (Å²) in [7, 11) is 2.20. The van der Waals surface area contributed by atoms with Gasteiger partial charge in [-0.15, -0.1) is 0 Å². The van der Waals surface area contributed by atoms with Gasteiger partial charge in [-0.05, 0) is 36.4 Å². The monoisotopic (exact) mass is 383 g/mol. The normalized spacial score (nSPS) is 18.3. The molecule has 1 aliphatic rings. The third-order valence-corrected chi connectivity index (χ3v) is 5.83. The van der Waals surface area contributed by atoms with Crippen molar-refractivity contribution < 1.29 is 0 Å². The van der Waals surface area contributed by atoms with E-state index in [-0.39, 0.29) is 6.04 Å². The minimum atomic E-state index is 0.278. The number of fused-ring (bicyclic) bond motifs is 1. The van der Waals surface area contributed by atoms with Gasteiger partial charge < -0.3 is 4.40 Å². The Balaban J connectivity index is 1.41.